The minimum absolute atomic E-state index is 0.0967. The lowest BCUT2D eigenvalue weighted by atomic mass is 9.98. The van der Waals surface area contributed by atoms with Crippen molar-refractivity contribution < 1.29 is 19.4 Å². The highest BCUT2D eigenvalue weighted by atomic mass is 16.5. The highest BCUT2D eigenvalue weighted by Gasteiger charge is 2.29. The van der Waals surface area contributed by atoms with E-state index >= 15 is 0 Å². The van der Waals surface area contributed by atoms with Crippen molar-refractivity contribution in [2.45, 2.75) is 25.3 Å². The van der Waals surface area contributed by atoms with Gasteiger partial charge in [-0.2, -0.15) is 5.10 Å². The van der Waals surface area contributed by atoms with E-state index in [1.54, 1.807) is 6.92 Å². The minimum Gasteiger partial charge on any atom is -0.481 e. The van der Waals surface area contributed by atoms with Crippen LogP contribution >= 0.6 is 0 Å². The van der Waals surface area contributed by atoms with E-state index in [2.05, 4.69) is 15.5 Å². The van der Waals surface area contributed by atoms with Gasteiger partial charge >= 0.3 is 5.97 Å². The van der Waals surface area contributed by atoms with E-state index in [1.807, 2.05) is 24.3 Å². The number of ether oxygens (including phenoxy) is 1. The Labute approximate surface area is 127 Å². The topological polar surface area (TPSA) is 104 Å². The third-order valence-electron chi connectivity index (χ3n) is 3.32. The number of aromatic amines is 1. The van der Waals surface area contributed by atoms with Crippen molar-refractivity contribution in [3.63, 3.8) is 0 Å². The van der Waals surface area contributed by atoms with E-state index in [0.717, 1.165) is 10.9 Å². The van der Waals surface area contributed by atoms with Crippen LogP contribution in [0, 0.1) is 0 Å². The summed E-state index contributed by atoms with van der Waals surface area (Å²) in [5.41, 5.74) is 0.534. The second-order valence-corrected chi connectivity index (χ2v) is 5.51. The minimum atomic E-state index is -0.994. The molecule has 0 radical (unpaired) electrons. The first kappa shape index (κ1) is 16.0. The van der Waals surface area contributed by atoms with Gasteiger partial charge in [0.2, 0.25) is 5.91 Å². The standard InChI is InChI=1S/C15H19N3O4/c1-15(9-22-2,8-14(20)21)16-13(19)7-12-10-5-3-4-6-11(10)17-18-12/h3-6H,7-9H2,1-2H3,(H,16,19)(H,17,18)(H,20,21). The number of benzene rings is 1. The maximum atomic E-state index is 12.2. The van der Waals surface area contributed by atoms with Crippen LogP contribution in [0.5, 0.6) is 0 Å². The Kier molecular flexibility index (Phi) is 4.77. The number of amides is 1. The van der Waals surface area contributed by atoms with Crippen molar-refractivity contribution >= 4 is 22.8 Å². The number of carboxylic acids is 1. The molecule has 1 atom stereocenters. The number of fused-ring (bicyclic) bond motifs is 1. The summed E-state index contributed by atoms with van der Waals surface area (Å²) in [6, 6.07) is 7.48. The molecule has 1 unspecified atom stereocenters. The second kappa shape index (κ2) is 6.57. The Morgan fingerprint density at radius 1 is 1.41 bits per heavy atom. The fourth-order valence-electron chi connectivity index (χ4n) is 2.47. The summed E-state index contributed by atoms with van der Waals surface area (Å²) in [4.78, 5) is 23.2. The van der Waals surface area contributed by atoms with Gasteiger partial charge in [-0.3, -0.25) is 14.7 Å². The first-order valence-electron chi connectivity index (χ1n) is 6.87. The molecule has 0 saturated carbocycles. The molecule has 0 aliphatic carbocycles. The van der Waals surface area contributed by atoms with Crippen molar-refractivity contribution in [1.29, 1.82) is 0 Å². The van der Waals surface area contributed by atoms with Crippen molar-refractivity contribution in [3.8, 4) is 0 Å². The number of aliphatic carboxylic acids is 1. The molecule has 1 aromatic carbocycles. The second-order valence-electron chi connectivity index (χ2n) is 5.51. The zero-order chi connectivity index (χ0) is 16.2. The zero-order valence-corrected chi connectivity index (χ0v) is 12.5. The molecule has 1 amide bonds. The molecule has 0 aliphatic rings. The number of hydrogen-bond acceptors (Lipinski definition) is 4. The van der Waals surface area contributed by atoms with Crippen LogP contribution < -0.4 is 5.32 Å². The number of carboxylic acid groups (broad SMARTS) is 1. The number of carbonyl (C=O) groups excluding carboxylic acids is 1. The normalized spacial score (nSPS) is 13.7. The Morgan fingerprint density at radius 3 is 2.82 bits per heavy atom. The lowest BCUT2D eigenvalue weighted by Crippen LogP contribution is -2.51. The maximum Gasteiger partial charge on any atom is 0.305 e. The first-order valence-corrected chi connectivity index (χ1v) is 6.87. The van der Waals surface area contributed by atoms with Crippen LogP contribution in [0.3, 0.4) is 0 Å². The number of H-pyrrole nitrogens is 1. The number of aromatic nitrogens is 2. The number of nitrogens with one attached hydrogen (secondary N) is 2. The SMILES string of the molecule is COCC(C)(CC(=O)O)NC(=O)Cc1[nH]nc2ccccc12. The summed E-state index contributed by atoms with van der Waals surface area (Å²) in [5.74, 6) is -1.28. The highest BCUT2D eigenvalue weighted by molar-refractivity contribution is 5.87. The van der Waals surface area contributed by atoms with Crippen LogP contribution in [0.4, 0.5) is 0 Å². The molecule has 118 valence electrons. The summed E-state index contributed by atoms with van der Waals surface area (Å²) < 4.78 is 5.02. The van der Waals surface area contributed by atoms with Crippen molar-refractivity contribution in [2.24, 2.45) is 0 Å². The van der Waals surface area contributed by atoms with E-state index in [1.165, 1.54) is 7.11 Å². The van der Waals surface area contributed by atoms with E-state index in [9.17, 15) is 9.59 Å². The average Bonchev–Trinajstić information content (AvgIpc) is 2.81. The Bertz CT molecular complexity index is 682. The molecule has 22 heavy (non-hydrogen) atoms. The molecular formula is C15H19N3O4. The lowest BCUT2D eigenvalue weighted by Gasteiger charge is -2.28. The number of hydrogen-bond donors (Lipinski definition) is 3. The van der Waals surface area contributed by atoms with Gasteiger partial charge in [0.1, 0.15) is 0 Å². The third-order valence-corrected chi connectivity index (χ3v) is 3.32. The fraction of sp³-hybridized carbons (Fsp3) is 0.400. The third kappa shape index (κ3) is 3.82. The molecule has 2 rings (SSSR count). The molecule has 1 aromatic heterocycles. The number of para-hydroxylation sites is 1. The molecule has 1 heterocycles. The average molecular weight is 305 g/mol. The summed E-state index contributed by atoms with van der Waals surface area (Å²) in [5, 5.41) is 19.6. The molecule has 7 heteroatoms. The molecule has 0 fully saturated rings. The predicted octanol–water partition coefficient (Wildman–Crippen LogP) is 1.10. The smallest absolute Gasteiger partial charge is 0.305 e. The largest absolute Gasteiger partial charge is 0.481 e. The molecule has 3 N–H and O–H groups in total. The lowest BCUT2D eigenvalue weighted by molar-refractivity contribution is -0.139. The van der Waals surface area contributed by atoms with Crippen molar-refractivity contribution in [1.82, 2.24) is 15.5 Å². The van der Waals surface area contributed by atoms with Gasteiger partial charge in [-0.25, -0.2) is 0 Å². The van der Waals surface area contributed by atoms with Crippen LogP contribution in [-0.4, -0.2) is 46.4 Å². The fourth-order valence-corrected chi connectivity index (χ4v) is 2.47. The molecule has 0 bridgehead atoms. The van der Waals surface area contributed by atoms with E-state index in [-0.39, 0.29) is 25.4 Å². The Hall–Kier alpha value is -2.41. The summed E-state index contributed by atoms with van der Waals surface area (Å²) in [7, 11) is 1.47. The van der Waals surface area contributed by atoms with Crippen LogP contribution in [0.2, 0.25) is 0 Å². The number of rotatable bonds is 7. The van der Waals surface area contributed by atoms with E-state index < -0.39 is 11.5 Å². The molecule has 0 saturated heterocycles. The Morgan fingerprint density at radius 2 is 2.14 bits per heavy atom. The molecular weight excluding hydrogens is 286 g/mol. The summed E-state index contributed by atoms with van der Waals surface area (Å²) >= 11 is 0. The summed E-state index contributed by atoms with van der Waals surface area (Å²) in [6.07, 6.45) is -0.115. The number of methoxy groups -OCH3 is 1. The van der Waals surface area contributed by atoms with Crippen LogP contribution in [-0.2, 0) is 20.7 Å². The summed E-state index contributed by atoms with van der Waals surface area (Å²) in [6.45, 7) is 1.77. The predicted molar refractivity (Wildman–Crippen MR) is 80.5 cm³/mol. The monoisotopic (exact) mass is 305 g/mol. The van der Waals surface area contributed by atoms with Gasteiger partial charge in [0.15, 0.2) is 0 Å². The number of nitrogens with zero attached hydrogens (tertiary/aromatic N) is 1. The molecule has 0 aliphatic heterocycles. The molecule has 2 aromatic rings. The zero-order valence-electron chi connectivity index (χ0n) is 12.5. The highest BCUT2D eigenvalue weighted by Crippen LogP contribution is 2.16. The number of carbonyl (C=O) groups is 2. The van der Waals surface area contributed by atoms with Gasteiger partial charge in [0.25, 0.3) is 0 Å². The van der Waals surface area contributed by atoms with Crippen molar-refractivity contribution in [2.75, 3.05) is 13.7 Å². The van der Waals surface area contributed by atoms with Gasteiger partial charge in [0, 0.05) is 12.5 Å². The van der Waals surface area contributed by atoms with Gasteiger partial charge in [-0.05, 0) is 13.0 Å². The van der Waals surface area contributed by atoms with Gasteiger partial charge in [-0.15, -0.1) is 0 Å². The van der Waals surface area contributed by atoms with Gasteiger partial charge in [-0.1, -0.05) is 18.2 Å². The first-order chi connectivity index (χ1) is 10.4. The molecule has 7 nitrogen and oxygen atoms in total. The Balaban J connectivity index is 2.09. The van der Waals surface area contributed by atoms with Crippen LogP contribution in [0.25, 0.3) is 10.9 Å². The van der Waals surface area contributed by atoms with Crippen molar-refractivity contribution in [3.05, 3.63) is 30.0 Å². The van der Waals surface area contributed by atoms with Crippen LogP contribution in [0.1, 0.15) is 19.0 Å². The maximum absolute atomic E-state index is 12.2. The van der Waals surface area contributed by atoms with Gasteiger partial charge < -0.3 is 15.2 Å². The van der Waals surface area contributed by atoms with E-state index in [0.29, 0.717) is 5.69 Å². The molecule has 0 spiro atoms. The van der Waals surface area contributed by atoms with Gasteiger partial charge in [0.05, 0.1) is 36.2 Å². The van der Waals surface area contributed by atoms with E-state index in [4.69, 9.17) is 9.84 Å². The van der Waals surface area contributed by atoms with Crippen LogP contribution in [0.15, 0.2) is 24.3 Å². The quantitative estimate of drug-likeness (QED) is 0.710.